The van der Waals surface area contributed by atoms with E-state index in [-0.39, 0.29) is 41.0 Å². The Bertz CT molecular complexity index is 651. The summed E-state index contributed by atoms with van der Waals surface area (Å²) in [6.07, 6.45) is 6.60. The molecule has 0 radical (unpaired) electrons. The topological polar surface area (TPSA) is 87.0 Å². The maximum Gasteiger partial charge on any atom is 0.305 e. The Morgan fingerprint density at radius 2 is 1.80 bits per heavy atom. The lowest BCUT2D eigenvalue weighted by Crippen LogP contribution is -2.62. The minimum absolute atomic E-state index is 0.111. The van der Waals surface area contributed by atoms with Gasteiger partial charge in [-0.1, -0.05) is 20.8 Å². The molecule has 11 atom stereocenters. The first-order chi connectivity index (χ1) is 14.1. The van der Waals surface area contributed by atoms with Crippen LogP contribution in [0.15, 0.2) is 0 Å². The van der Waals surface area contributed by atoms with E-state index in [1.54, 1.807) is 0 Å². The van der Waals surface area contributed by atoms with Gasteiger partial charge in [-0.15, -0.1) is 0 Å². The Morgan fingerprint density at radius 3 is 2.50 bits per heavy atom. The van der Waals surface area contributed by atoms with Crippen LogP contribution in [-0.2, 0) is 9.53 Å². The van der Waals surface area contributed by atoms with Gasteiger partial charge >= 0.3 is 5.97 Å². The van der Waals surface area contributed by atoms with E-state index in [0.29, 0.717) is 36.0 Å². The number of aliphatic hydroxyl groups is 3. The van der Waals surface area contributed by atoms with Gasteiger partial charge in [-0.2, -0.15) is 0 Å². The van der Waals surface area contributed by atoms with E-state index in [2.05, 4.69) is 20.8 Å². The average Bonchev–Trinajstić information content (AvgIpc) is 3.06. The highest BCUT2D eigenvalue weighted by atomic mass is 16.5. The maximum absolute atomic E-state index is 11.7. The largest absolute Gasteiger partial charge is 0.469 e. The van der Waals surface area contributed by atoms with Crippen molar-refractivity contribution in [3.05, 3.63) is 0 Å². The van der Waals surface area contributed by atoms with E-state index in [0.717, 1.165) is 51.4 Å². The number of carbonyl (C=O) groups excluding carboxylic acids is 1. The Labute approximate surface area is 181 Å². The summed E-state index contributed by atoms with van der Waals surface area (Å²) < 4.78 is 4.83. The molecule has 0 saturated heterocycles. The Hall–Kier alpha value is -0.650. The van der Waals surface area contributed by atoms with Crippen molar-refractivity contribution in [3.63, 3.8) is 0 Å². The van der Waals surface area contributed by atoms with Crippen molar-refractivity contribution in [1.82, 2.24) is 0 Å². The minimum Gasteiger partial charge on any atom is -0.469 e. The number of esters is 1. The van der Waals surface area contributed by atoms with Crippen LogP contribution in [0, 0.1) is 46.3 Å². The molecule has 0 aromatic rings. The summed E-state index contributed by atoms with van der Waals surface area (Å²) in [5.41, 5.74) is -0.0882. The molecule has 0 aromatic carbocycles. The molecule has 5 nitrogen and oxygen atoms in total. The normalized spacial score (nSPS) is 51.4. The molecule has 5 heteroatoms. The molecule has 0 bridgehead atoms. The summed E-state index contributed by atoms with van der Waals surface area (Å²) in [7, 11) is 1.44. The molecule has 172 valence electrons. The van der Waals surface area contributed by atoms with Gasteiger partial charge in [-0.3, -0.25) is 4.79 Å². The molecule has 4 saturated carbocycles. The lowest BCUT2D eigenvalue weighted by molar-refractivity contribution is -0.207. The third kappa shape index (κ3) is 3.34. The molecule has 4 aliphatic rings. The smallest absolute Gasteiger partial charge is 0.305 e. The number of hydrogen-bond acceptors (Lipinski definition) is 5. The first-order valence-corrected chi connectivity index (χ1v) is 12.2. The highest BCUT2D eigenvalue weighted by Crippen LogP contribution is 2.68. The molecule has 0 aromatic heterocycles. The van der Waals surface area contributed by atoms with Crippen LogP contribution >= 0.6 is 0 Å². The fourth-order valence-electron chi connectivity index (χ4n) is 8.78. The second-order valence-electron chi connectivity index (χ2n) is 11.6. The zero-order valence-corrected chi connectivity index (χ0v) is 19.2. The van der Waals surface area contributed by atoms with E-state index in [1.807, 2.05) is 0 Å². The number of aliphatic hydroxyl groups excluding tert-OH is 3. The predicted molar refractivity (Wildman–Crippen MR) is 114 cm³/mol. The van der Waals surface area contributed by atoms with Crippen LogP contribution in [0.25, 0.3) is 0 Å². The van der Waals surface area contributed by atoms with E-state index < -0.39 is 0 Å². The number of methoxy groups -OCH3 is 1. The van der Waals surface area contributed by atoms with Crippen LogP contribution in [0.5, 0.6) is 0 Å². The van der Waals surface area contributed by atoms with Crippen molar-refractivity contribution >= 4 is 5.97 Å². The monoisotopic (exact) mass is 422 g/mol. The Kier molecular flexibility index (Phi) is 6.04. The number of carbonyl (C=O) groups is 1. The van der Waals surface area contributed by atoms with Gasteiger partial charge < -0.3 is 20.1 Å². The Morgan fingerprint density at radius 1 is 1.07 bits per heavy atom. The quantitative estimate of drug-likeness (QED) is 0.603. The van der Waals surface area contributed by atoms with Gasteiger partial charge in [0.2, 0.25) is 0 Å². The standard InChI is InChI=1S/C25H42O5/c1-14(5-8-22(29)30-4)17-6-7-18-23-19(13-21(28)25(17,18)3)24(2)10-9-16(26)11-15(24)12-20(23)27/h14-21,23,26-28H,5-13H2,1-4H3/t14?,15?,16-,17-,18?,19?,20?,21+,23?,24+,25-/m1/s1. The van der Waals surface area contributed by atoms with Crippen LogP contribution in [0.4, 0.5) is 0 Å². The summed E-state index contributed by atoms with van der Waals surface area (Å²) in [4.78, 5) is 11.7. The number of rotatable bonds is 4. The van der Waals surface area contributed by atoms with E-state index in [4.69, 9.17) is 4.74 Å². The number of ether oxygens (including phenoxy) is 1. The third-order valence-corrected chi connectivity index (χ3v) is 10.6. The molecular weight excluding hydrogens is 380 g/mol. The summed E-state index contributed by atoms with van der Waals surface area (Å²) in [5.74, 6) is 1.81. The summed E-state index contributed by atoms with van der Waals surface area (Å²) >= 11 is 0. The fourth-order valence-corrected chi connectivity index (χ4v) is 8.78. The highest BCUT2D eigenvalue weighted by Gasteiger charge is 2.65. The zero-order chi connectivity index (χ0) is 21.8. The molecule has 0 amide bonds. The first-order valence-electron chi connectivity index (χ1n) is 12.2. The summed E-state index contributed by atoms with van der Waals surface area (Å²) in [6.45, 7) is 6.85. The minimum atomic E-state index is -0.369. The van der Waals surface area contributed by atoms with Gasteiger partial charge in [-0.25, -0.2) is 0 Å². The van der Waals surface area contributed by atoms with Crippen LogP contribution in [0.2, 0.25) is 0 Å². The van der Waals surface area contributed by atoms with Gasteiger partial charge in [0.05, 0.1) is 25.4 Å². The van der Waals surface area contributed by atoms with Crippen molar-refractivity contribution in [2.24, 2.45) is 46.3 Å². The maximum atomic E-state index is 11.7. The van der Waals surface area contributed by atoms with Crippen LogP contribution in [-0.4, -0.2) is 46.7 Å². The van der Waals surface area contributed by atoms with Crippen molar-refractivity contribution in [2.75, 3.05) is 7.11 Å². The van der Waals surface area contributed by atoms with E-state index in [9.17, 15) is 20.1 Å². The van der Waals surface area contributed by atoms with Gasteiger partial charge in [-0.05, 0) is 97.7 Å². The van der Waals surface area contributed by atoms with Crippen molar-refractivity contribution in [1.29, 1.82) is 0 Å². The molecule has 4 rings (SSSR count). The molecule has 4 aliphatic carbocycles. The first kappa shape index (κ1) is 22.5. The van der Waals surface area contributed by atoms with Crippen LogP contribution in [0.3, 0.4) is 0 Å². The fraction of sp³-hybridized carbons (Fsp3) is 0.960. The third-order valence-electron chi connectivity index (χ3n) is 10.6. The van der Waals surface area contributed by atoms with Gasteiger partial charge in [0, 0.05) is 6.42 Å². The number of hydrogen-bond donors (Lipinski definition) is 3. The van der Waals surface area contributed by atoms with Gasteiger partial charge in [0.1, 0.15) is 0 Å². The lowest BCUT2D eigenvalue weighted by Gasteiger charge is -2.63. The second-order valence-corrected chi connectivity index (χ2v) is 11.6. The predicted octanol–water partition coefficient (Wildman–Crippen LogP) is 3.54. The molecule has 0 aliphatic heterocycles. The molecule has 30 heavy (non-hydrogen) atoms. The van der Waals surface area contributed by atoms with Gasteiger partial charge in [0.25, 0.3) is 0 Å². The van der Waals surface area contributed by atoms with Crippen molar-refractivity contribution in [2.45, 2.75) is 96.9 Å². The second kappa shape index (κ2) is 8.04. The van der Waals surface area contributed by atoms with Crippen molar-refractivity contribution < 1.29 is 24.9 Å². The van der Waals surface area contributed by atoms with E-state index in [1.165, 1.54) is 7.11 Å². The Balaban J connectivity index is 1.58. The highest BCUT2D eigenvalue weighted by molar-refractivity contribution is 5.69. The summed E-state index contributed by atoms with van der Waals surface area (Å²) in [6, 6.07) is 0. The lowest BCUT2D eigenvalue weighted by atomic mass is 9.43. The van der Waals surface area contributed by atoms with Gasteiger partial charge in [0.15, 0.2) is 0 Å². The molecule has 6 unspecified atom stereocenters. The molecule has 0 spiro atoms. The number of fused-ring (bicyclic) bond motifs is 5. The molecular formula is C25H42O5. The van der Waals surface area contributed by atoms with Crippen LogP contribution < -0.4 is 0 Å². The molecule has 3 N–H and O–H groups in total. The van der Waals surface area contributed by atoms with Crippen molar-refractivity contribution in [3.8, 4) is 0 Å². The molecule has 4 fully saturated rings. The zero-order valence-electron chi connectivity index (χ0n) is 19.2. The SMILES string of the molecule is COC(=O)CCC(C)[C@H]1CCC2C3C(O)CC4C[C@H](O)CC[C@]4(C)C3C[C@H](O)[C@@]21C. The van der Waals surface area contributed by atoms with Crippen LogP contribution in [0.1, 0.15) is 78.6 Å². The summed E-state index contributed by atoms with van der Waals surface area (Å²) in [5, 5.41) is 33.1. The van der Waals surface area contributed by atoms with E-state index >= 15 is 0 Å². The molecule has 0 heterocycles. The average molecular weight is 423 g/mol.